The number of hydrogen-bond donors (Lipinski definition) is 1. The van der Waals surface area contributed by atoms with Crippen LogP contribution in [0, 0.1) is 6.92 Å². The lowest BCUT2D eigenvalue weighted by Crippen LogP contribution is -2.35. The maximum Gasteiger partial charge on any atom is 0.267 e. The van der Waals surface area contributed by atoms with E-state index in [4.69, 9.17) is 21.9 Å². The second-order valence-electron chi connectivity index (χ2n) is 8.57. The number of nitrogens with zero attached hydrogens (tertiary/aromatic N) is 5. The van der Waals surface area contributed by atoms with Gasteiger partial charge in [0.25, 0.3) is 11.5 Å². The fraction of sp³-hybridized carbons (Fsp3) is 0.375. The maximum absolute atomic E-state index is 13.5. The van der Waals surface area contributed by atoms with E-state index in [1.165, 1.54) is 16.2 Å². The van der Waals surface area contributed by atoms with Gasteiger partial charge in [-0.15, -0.1) is 0 Å². The number of ether oxygens (including phenoxy) is 1. The normalized spacial score (nSPS) is 19.4. The van der Waals surface area contributed by atoms with E-state index in [-0.39, 0.29) is 17.6 Å². The molecule has 0 spiro atoms. The van der Waals surface area contributed by atoms with Crippen molar-refractivity contribution in [2.45, 2.75) is 38.8 Å². The molecule has 2 fully saturated rings. The molecular weight excluding hydrogens is 484 g/mol. The minimum Gasteiger partial charge on any atom is -0.376 e. The molecule has 1 amide bonds. The van der Waals surface area contributed by atoms with Crippen molar-refractivity contribution < 1.29 is 9.53 Å². The van der Waals surface area contributed by atoms with Gasteiger partial charge in [0.2, 0.25) is 0 Å². The van der Waals surface area contributed by atoms with Gasteiger partial charge in [0.15, 0.2) is 0 Å². The fourth-order valence-electron chi connectivity index (χ4n) is 4.24. The summed E-state index contributed by atoms with van der Waals surface area (Å²) in [5.74, 6) is 0.259. The van der Waals surface area contributed by atoms with E-state index in [1.54, 1.807) is 29.7 Å². The molecule has 182 valence electrons. The van der Waals surface area contributed by atoms with Gasteiger partial charge >= 0.3 is 0 Å². The molecule has 0 aliphatic carbocycles. The molecule has 1 atom stereocenters. The van der Waals surface area contributed by atoms with Gasteiger partial charge in [-0.25, -0.2) is 9.97 Å². The highest BCUT2D eigenvalue weighted by molar-refractivity contribution is 8.26. The van der Waals surface area contributed by atoms with Gasteiger partial charge in [-0.2, -0.15) is 0 Å². The number of thioether (sulfide) groups is 1. The van der Waals surface area contributed by atoms with Crippen molar-refractivity contribution in [2.75, 3.05) is 25.0 Å². The summed E-state index contributed by atoms with van der Waals surface area (Å²) in [4.78, 5) is 37.5. The molecular formula is C24H26N6O3S2. The van der Waals surface area contributed by atoms with Crippen LogP contribution in [0.25, 0.3) is 11.7 Å². The van der Waals surface area contributed by atoms with Crippen LogP contribution in [0.15, 0.2) is 46.8 Å². The van der Waals surface area contributed by atoms with Gasteiger partial charge in [0.05, 0.1) is 29.4 Å². The molecule has 11 heteroatoms. The average molecular weight is 511 g/mol. The van der Waals surface area contributed by atoms with Crippen LogP contribution in [-0.4, -0.2) is 59.9 Å². The Morgan fingerprint density at radius 2 is 2.23 bits per heavy atom. The molecule has 2 aliphatic heterocycles. The first-order chi connectivity index (χ1) is 17.0. The molecule has 3 aromatic rings. The molecule has 0 aromatic carbocycles. The van der Waals surface area contributed by atoms with E-state index in [2.05, 4.69) is 10.3 Å². The fourth-order valence-corrected chi connectivity index (χ4v) is 5.50. The van der Waals surface area contributed by atoms with Crippen LogP contribution in [0.2, 0.25) is 0 Å². The Kier molecular flexibility index (Phi) is 6.98. The molecule has 2 saturated heterocycles. The Morgan fingerprint density at radius 3 is 3.00 bits per heavy atom. The number of fused-ring (bicyclic) bond motifs is 1. The van der Waals surface area contributed by atoms with Crippen molar-refractivity contribution in [2.24, 2.45) is 0 Å². The van der Waals surface area contributed by atoms with E-state index in [1.807, 2.05) is 29.8 Å². The molecule has 1 unspecified atom stereocenters. The van der Waals surface area contributed by atoms with Crippen LogP contribution < -0.4 is 10.9 Å². The van der Waals surface area contributed by atoms with Gasteiger partial charge in [-0.1, -0.05) is 30.0 Å². The highest BCUT2D eigenvalue weighted by atomic mass is 32.2. The van der Waals surface area contributed by atoms with Crippen molar-refractivity contribution in [1.29, 1.82) is 0 Å². The van der Waals surface area contributed by atoms with Gasteiger partial charge in [0, 0.05) is 38.3 Å². The van der Waals surface area contributed by atoms with Crippen molar-refractivity contribution >= 4 is 51.7 Å². The SMILES string of the molecule is Cc1cccn2c(=O)c(C=C3SC(=S)N(CC4CCCO4)C3=O)c(NCCCn3ccnc3)nc12. The van der Waals surface area contributed by atoms with Crippen LogP contribution >= 0.6 is 24.0 Å². The highest BCUT2D eigenvalue weighted by Gasteiger charge is 2.35. The number of carbonyl (C=O) groups excluding carboxylic acids is 1. The number of thiocarbonyl (C=S) groups is 1. The molecule has 5 heterocycles. The summed E-state index contributed by atoms with van der Waals surface area (Å²) in [6, 6.07) is 3.73. The number of hydrogen-bond acceptors (Lipinski definition) is 8. The summed E-state index contributed by atoms with van der Waals surface area (Å²) in [6.07, 6.45) is 11.5. The van der Waals surface area contributed by atoms with Gasteiger partial charge < -0.3 is 14.6 Å². The first-order valence-corrected chi connectivity index (χ1v) is 12.8. The minimum absolute atomic E-state index is 0.000473. The molecule has 3 aromatic heterocycles. The number of amides is 1. The largest absolute Gasteiger partial charge is 0.376 e. The third-order valence-corrected chi connectivity index (χ3v) is 7.47. The number of imidazole rings is 1. The van der Waals surface area contributed by atoms with Crippen LogP contribution in [0.3, 0.4) is 0 Å². The number of anilines is 1. The third kappa shape index (κ3) is 5.02. The predicted octanol–water partition coefficient (Wildman–Crippen LogP) is 3.08. The summed E-state index contributed by atoms with van der Waals surface area (Å²) >= 11 is 6.69. The van der Waals surface area contributed by atoms with Crippen molar-refractivity contribution in [3.05, 3.63) is 63.4 Å². The number of aromatic nitrogens is 4. The summed E-state index contributed by atoms with van der Waals surface area (Å²) in [6.45, 7) is 4.46. The van der Waals surface area contributed by atoms with Crippen LogP contribution in [0.1, 0.15) is 30.4 Å². The maximum atomic E-state index is 13.5. The Bertz CT molecular complexity index is 1350. The predicted molar refractivity (Wildman–Crippen MR) is 140 cm³/mol. The van der Waals surface area contributed by atoms with Crippen molar-refractivity contribution in [3.8, 4) is 0 Å². The molecule has 5 rings (SSSR count). The average Bonchev–Trinajstić information content (AvgIpc) is 3.60. The Morgan fingerprint density at radius 1 is 1.34 bits per heavy atom. The Labute approximate surface area is 212 Å². The molecule has 1 N–H and O–H groups in total. The van der Waals surface area contributed by atoms with Crippen molar-refractivity contribution in [3.63, 3.8) is 0 Å². The monoisotopic (exact) mass is 510 g/mol. The lowest BCUT2D eigenvalue weighted by atomic mass is 10.2. The quantitative estimate of drug-likeness (QED) is 0.281. The number of aryl methyl sites for hydroxylation is 2. The summed E-state index contributed by atoms with van der Waals surface area (Å²) in [5, 5.41) is 3.32. The lowest BCUT2D eigenvalue weighted by molar-refractivity contribution is -0.123. The van der Waals surface area contributed by atoms with E-state index in [0.29, 0.717) is 46.0 Å². The van der Waals surface area contributed by atoms with Gasteiger partial charge in [-0.3, -0.25) is 18.9 Å². The highest BCUT2D eigenvalue weighted by Crippen LogP contribution is 2.34. The van der Waals surface area contributed by atoms with Gasteiger partial charge in [0.1, 0.15) is 15.8 Å². The molecule has 0 bridgehead atoms. The van der Waals surface area contributed by atoms with Crippen LogP contribution in [0.5, 0.6) is 0 Å². The molecule has 2 aliphatic rings. The zero-order valence-corrected chi connectivity index (χ0v) is 21.0. The van der Waals surface area contributed by atoms with E-state index in [9.17, 15) is 9.59 Å². The topological polar surface area (TPSA) is 93.8 Å². The van der Waals surface area contributed by atoms with E-state index in [0.717, 1.165) is 31.4 Å². The number of nitrogens with one attached hydrogen (secondary N) is 1. The first kappa shape index (κ1) is 23.7. The first-order valence-electron chi connectivity index (χ1n) is 11.6. The van der Waals surface area contributed by atoms with Crippen LogP contribution in [0.4, 0.5) is 5.82 Å². The molecule has 0 radical (unpaired) electrons. The third-order valence-electron chi connectivity index (χ3n) is 6.09. The molecule has 0 saturated carbocycles. The standard InChI is InChI=1S/C24H26N6O3S2/c1-16-5-2-10-29-21(16)27-20(26-7-4-9-28-11-8-25-15-28)18(22(29)31)13-19-23(32)30(24(34)35-19)14-17-6-3-12-33-17/h2,5,8,10-11,13,15,17,26H,3-4,6-7,9,12,14H2,1H3. The zero-order valence-electron chi connectivity index (χ0n) is 19.3. The van der Waals surface area contributed by atoms with E-state index >= 15 is 0 Å². The van der Waals surface area contributed by atoms with Crippen molar-refractivity contribution in [1.82, 2.24) is 23.8 Å². The smallest absolute Gasteiger partial charge is 0.267 e. The van der Waals surface area contributed by atoms with Crippen LogP contribution in [-0.2, 0) is 16.1 Å². The minimum atomic E-state index is -0.236. The second-order valence-corrected chi connectivity index (χ2v) is 10.2. The number of rotatable bonds is 8. The Balaban J connectivity index is 1.44. The summed E-state index contributed by atoms with van der Waals surface area (Å²) in [7, 11) is 0. The van der Waals surface area contributed by atoms with Gasteiger partial charge in [-0.05, 0) is 43.9 Å². The lowest BCUT2D eigenvalue weighted by Gasteiger charge is -2.18. The Hall–Kier alpha value is -3.02. The molecule has 35 heavy (non-hydrogen) atoms. The summed E-state index contributed by atoms with van der Waals surface area (Å²) in [5.41, 5.74) is 1.58. The number of pyridine rings is 1. The second kappa shape index (κ2) is 10.3. The number of carbonyl (C=O) groups is 1. The molecule has 9 nitrogen and oxygen atoms in total. The summed E-state index contributed by atoms with van der Waals surface area (Å²) < 4.78 is 9.68. The zero-order chi connectivity index (χ0) is 24.4. The van der Waals surface area contributed by atoms with E-state index < -0.39 is 0 Å².